The van der Waals surface area contributed by atoms with Crippen molar-refractivity contribution in [3.8, 4) is 0 Å². The lowest BCUT2D eigenvalue weighted by Gasteiger charge is -2.05. The number of hydrogen-bond donors (Lipinski definition) is 4. The summed E-state index contributed by atoms with van der Waals surface area (Å²) in [4.78, 5) is 20.7. The molecule has 0 atom stereocenters. The fraction of sp³-hybridized carbons (Fsp3) is 0.571. The molecular formula is C14H34N16O10S4. The quantitative estimate of drug-likeness (QED) is 0.184. The van der Waals surface area contributed by atoms with Crippen molar-refractivity contribution in [2.24, 2.45) is 0 Å². The van der Waals surface area contributed by atoms with Crippen LogP contribution in [0.15, 0.2) is 9.26 Å². The molecule has 26 nitrogen and oxygen atoms in total. The van der Waals surface area contributed by atoms with E-state index in [9.17, 15) is 37.1 Å². The first-order valence-corrected chi connectivity index (χ1v) is 17.8. The predicted octanol–water partition coefficient (Wildman–Crippen LogP) is 0.645. The summed E-state index contributed by atoms with van der Waals surface area (Å²) in [5.74, 6) is -1.89. The van der Waals surface area contributed by atoms with Gasteiger partial charge in [-0.15, -0.1) is 31.2 Å². The Morgan fingerprint density at radius 3 is 1.00 bits per heavy atom. The summed E-state index contributed by atoms with van der Waals surface area (Å²) in [6, 6.07) is 0. The molecule has 0 unspecified atom stereocenters. The van der Waals surface area contributed by atoms with Crippen LogP contribution in [-0.2, 0) is 43.2 Å². The van der Waals surface area contributed by atoms with Gasteiger partial charge in [-0.3, -0.25) is 37.1 Å². The van der Waals surface area contributed by atoms with Gasteiger partial charge in [-0.1, -0.05) is 10.3 Å². The fourth-order valence-corrected chi connectivity index (χ4v) is 1.35. The van der Waals surface area contributed by atoms with Crippen LogP contribution in [0.25, 0.3) is 10.9 Å². The maximum absolute atomic E-state index is 10.3. The van der Waals surface area contributed by atoms with E-state index in [1.807, 2.05) is 0 Å². The third kappa shape index (κ3) is 29.2. The van der Waals surface area contributed by atoms with Gasteiger partial charge in [-0.05, 0) is 0 Å². The first kappa shape index (κ1) is 46.7. The van der Waals surface area contributed by atoms with Gasteiger partial charge in [-0.25, -0.2) is 10.3 Å². The average Bonchev–Trinajstić information content (AvgIpc) is 3.42. The van der Waals surface area contributed by atoms with Crippen molar-refractivity contribution in [3.63, 3.8) is 0 Å². The summed E-state index contributed by atoms with van der Waals surface area (Å²) in [7, 11) is -2.44. The second kappa shape index (κ2) is 26.4. The Balaban J connectivity index is -0.000000371. The van der Waals surface area contributed by atoms with E-state index in [1.165, 1.54) is 0 Å². The highest BCUT2D eigenvalue weighted by Crippen LogP contribution is 2.27. The number of rotatable bonds is 8. The topological polar surface area (TPSA) is 409 Å². The highest BCUT2D eigenvalue weighted by molar-refractivity contribution is 7.84. The third-order valence-corrected chi connectivity index (χ3v) is 2.23. The van der Waals surface area contributed by atoms with Crippen molar-refractivity contribution in [3.05, 3.63) is 31.1 Å². The summed E-state index contributed by atoms with van der Waals surface area (Å²) in [5, 5.41) is 50.8. The number of aromatic nitrogens is 8. The predicted molar refractivity (Wildman–Crippen MR) is 165 cm³/mol. The summed E-state index contributed by atoms with van der Waals surface area (Å²) >= 11 is 0. The molecule has 3 aromatic rings. The molecule has 0 amide bonds. The van der Waals surface area contributed by atoms with Crippen LogP contribution in [0.2, 0.25) is 0 Å². The van der Waals surface area contributed by atoms with Crippen molar-refractivity contribution >= 4 is 78.4 Å². The minimum atomic E-state index is -1.01. The summed E-state index contributed by atoms with van der Waals surface area (Å²) < 4.78 is 46.8. The van der Waals surface area contributed by atoms with Crippen molar-refractivity contribution in [1.29, 1.82) is 0 Å². The van der Waals surface area contributed by atoms with E-state index in [0.717, 1.165) is 0 Å². The van der Waals surface area contributed by atoms with Crippen LogP contribution in [0.3, 0.4) is 0 Å². The largest absolute Gasteiger partial charge is 0.369 e. The molecule has 0 saturated heterocycles. The second-order valence-corrected chi connectivity index (χ2v) is 12.7. The van der Waals surface area contributed by atoms with E-state index in [0.29, 0.717) is 0 Å². The maximum atomic E-state index is 10.3. The molecule has 0 aliphatic heterocycles. The summed E-state index contributed by atoms with van der Waals surface area (Å²) in [5.41, 5.74) is 5.82. The molecule has 3 heterocycles. The van der Waals surface area contributed by atoms with Gasteiger partial charge in [0.05, 0.1) is 21.7 Å². The zero-order valence-electron chi connectivity index (χ0n) is 25.1. The molecule has 0 saturated carbocycles. The van der Waals surface area contributed by atoms with Crippen LogP contribution >= 0.6 is 0 Å². The van der Waals surface area contributed by atoms with Gasteiger partial charge in [-0.2, -0.15) is 0 Å². The van der Waals surface area contributed by atoms with Crippen LogP contribution < -0.4 is 22.9 Å². The molecule has 3 aromatic heterocycles. The Labute approximate surface area is 259 Å². The molecular weight excluding hydrogens is 681 g/mol. The minimum Gasteiger partial charge on any atom is -0.369 e. The molecule has 0 aliphatic rings. The molecule has 0 aromatic carbocycles. The average molecular weight is 715 g/mol. The van der Waals surface area contributed by atoms with Gasteiger partial charge in [0.15, 0.2) is 11.6 Å². The molecule has 10 N–H and O–H groups in total. The van der Waals surface area contributed by atoms with Gasteiger partial charge in [0, 0.05) is 93.2 Å². The van der Waals surface area contributed by atoms with E-state index in [2.05, 4.69) is 71.8 Å². The maximum Gasteiger partial charge on any atom is 0.267 e. The Kier molecular flexibility index (Phi) is 28.0. The Hall–Kier alpha value is -4.26. The molecule has 0 aliphatic carbocycles. The van der Waals surface area contributed by atoms with Crippen LogP contribution in [0.4, 0.5) is 35.2 Å². The van der Waals surface area contributed by atoms with E-state index >= 15 is 0 Å². The lowest BCUT2D eigenvalue weighted by Crippen LogP contribution is -2.06. The van der Waals surface area contributed by atoms with Crippen LogP contribution in [-0.4, -0.2) is 118 Å². The van der Waals surface area contributed by atoms with E-state index in [4.69, 9.17) is 0 Å². The number of nitrogens with one attached hydrogen (secondary N) is 2. The number of nitro groups is 2. The number of nitrogens with zero attached hydrogens (tertiary/aromatic N) is 12. The molecule has 30 heteroatoms. The first-order valence-electron chi connectivity index (χ1n) is 9.93. The molecule has 0 bridgehead atoms. The van der Waals surface area contributed by atoms with E-state index < -0.39 is 64.9 Å². The van der Waals surface area contributed by atoms with Gasteiger partial charge in [0.25, 0.3) is 11.9 Å². The molecule has 0 radical (unpaired) electrons. The standard InChI is InChI=1S/C6H2N14O6.4C2H6OS.2H3N/c21-19(22)13-3-1(15-25-17-3)7-5-9-11-6(12-10-5)8-2-4(14-20(23)24)18-26-16-2;4*1-4(2)3;;/h(H2-2,7,8,9,10,11,12,13,14,15,16,17,18);4*1-2H3;2*1H3/q-2;;;;;;/p+2. The lowest BCUT2D eigenvalue weighted by atomic mass is 10.6. The Bertz CT molecular complexity index is 1190. The number of quaternary nitrogens is 2. The number of hydrogen-bond acceptors (Lipinski definition) is 20. The van der Waals surface area contributed by atoms with Crippen molar-refractivity contribution in [2.75, 3.05) is 60.7 Å². The molecule has 254 valence electrons. The van der Waals surface area contributed by atoms with Gasteiger partial charge < -0.3 is 32.2 Å². The molecule has 3 rings (SSSR count). The number of anilines is 4. The smallest absolute Gasteiger partial charge is 0.267 e. The zero-order valence-corrected chi connectivity index (χ0v) is 28.3. The normalized spacial score (nSPS) is 9.18. The summed E-state index contributed by atoms with van der Waals surface area (Å²) in [6.45, 7) is 0. The highest BCUT2D eigenvalue weighted by atomic mass is 32.2. The highest BCUT2D eigenvalue weighted by Gasteiger charge is 2.11. The van der Waals surface area contributed by atoms with Crippen molar-refractivity contribution in [2.45, 2.75) is 0 Å². The third-order valence-electron chi connectivity index (χ3n) is 2.23. The molecule has 44 heavy (non-hydrogen) atoms. The first-order chi connectivity index (χ1) is 19.4. The molecule has 0 spiro atoms. The van der Waals surface area contributed by atoms with Crippen LogP contribution in [0, 0.1) is 20.2 Å². The van der Waals surface area contributed by atoms with E-state index in [-0.39, 0.29) is 35.8 Å². The Morgan fingerprint density at radius 1 is 0.568 bits per heavy atom. The van der Waals surface area contributed by atoms with Crippen LogP contribution in [0.5, 0.6) is 0 Å². The second-order valence-electron chi connectivity index (χ2n) is 6.81. The van der Waals surface area contributed by atoms with E-state index in [1.54, 1.807) is 50.0 Å². The zero-order chi connectivity index (χ0) is 32.8. The minimum absolute atomic E-state index is 0. The SMILES string of the molecule is CS(C)=O.CS(C)=O.CS(C)=O.CS(C)=O.O=[N+]([O-])[N-]c1nonc1Nc1nnc(Nc2nonc2[N-][N+](=O)[O-])nn1.[NH4+].[NH4+]. The van der Waals surface area contributed by atoms with Gasteiger partial charge in [0.1, 0.15) is 0 Å². The van der Waals surface area contributed by atoms with Crippen molar-refractivity contribution in [1.82, 2.24) is 53.3 Å². The summed E-state index contributed by atoms with van der Waals surface area (Å²) in [6.07, 6.45) is 13.1. The Morgan fingerprint density at radius 2 is 0.795 bits per heavy atom. The van der Waals surface area contributed by atoms with Crippen molar-refractivity contribution < 1.29 is 36.2 Å². The van der Waals surface area contributed by atoms with Gasteiger partial charge in [0.2, 0.25) is 0 Å². The monoisotopic (exact) mass is 714 g/mol. The fourth-order valence-electron chi connectivity index (χ4n) is 1.35. The molecule has 0 fully saturated rings. The lowest BCUT2D eigenvalue weighted by molar-refractivity contribution is -0.419. The van der Waals surface area contributed by atoms with Gasteiger partial charge >= 0.3 is 0 Å². The van der Waals surface area contributed by atoms with Crippen LogP contribution in [0.1, 0.15) is 0 Å².